The normalized spacial score (nSPS) is 44.4. The first kappa shape index (κ1) is 23.6. The third-order valence-electron chi connectivity index (χ3n) is 10.8. The number of fused-ring (bicyclic) bond motifs is 4. The molecule has 3 saturated carbocycles. The van der Waals surface area contributed by atoms with Gasteiger partial charge in [-0.25, -0.2) is 0 Å². The highest BCUT2D eigenvalue weighted by molar-refractivity contribution is 5.71. The van der Waals surface area contributed by atoms with Gasteiger partial charge in [-0.05, 0) is 109 Å². The lowest BCUT2D eigenvalue weighted by Gasteiger charge is -2.60. The Balaban J connectivity index is 1.47. The number of allylic oxidation sites excluding steroid dienone is 2. The molecule has 8 unspecified atom stereocenters. The summed E-state index contributed by atoms with van der Waals surface area (Å²) in [5.74, 6) is 2.80. The van der Waals surface area contributed by atoms with Gasteiger partial charge < -0.3 is 14.5 Å². The summed E-state index contributed by atoms with van der Waals surface area (Å²) in [5.41, 5.74) is 3.36. The van der Waals surface area contributed by atoms with E-state index in [1.807, 2.05) is 6.08 Å². The Hall–Kier alpha value is -1.13. The molecule has 0 aromatic heterocycles. The van der Waals surface area contributed by atoms with Gasteiger partial charge in [0.15, 0.2) is 0 Å². The Morgan fingerprint density at radius 1 is 1.24 bits per heavy atom. The molecule has 1 spiro atoms. The van der Waals surface area contributed by atoms with Gasteiger partial charge in [0.2, 0.25) is 0 Å². The highest BCUT2D eigenvalue weighted by Crippen LogP contribution is 2.68. The van der Waals surface area contributed by atoms with E-state index in [1.54, 1.807) is 5.57 Å². The van der Waals surface area contributed by atoms with Gasteiger partial charge in [-0.15, -0.1) is 0 Å². The number of rotatable bonds is 4. The summed E-state index contributed by atoms with van der Waals surface area (Å²) in [6.45, 7) is 8.98. The van der Waals surface area contributed by atoms with Crippen molar-refractivity contribution in [3.8, 4) is 0 Å². The van der Waals surface area contributed by atoms with Crippen LogP contribution in [-0.4, -0.2) is 62.1 Å². The van der Waals surface area contributed by atoms with E-state index in [9.17, 15) is 4.79 Å². The van der Waals surface area contributed by atoms with E-state index < -0.39 is 0 Å². The zero-order chi connectivity index (χ0) is 23.5. The Kier molecular flexibility index (Phi) is 6.09. The molecule has 4 aliphatic carbocycles. The second-order valence-corrected chi connectivity index (χ2v) is 12.9. The number of hydrogen-bond donors (Lipinski definition) is 0. The molecule has 184 valence electrons. The van der Waals surface area contributed by atoms with E-state index >= 15 is 0 Å². The zero-order valence-electron chi connectivity index (χ0n) is 21.9. The predicted octanol–water partition coefficient (Wildman–Crippen LogP) is 5.30. The van der Waals surface area contributed by atoms with Gasteiger partial charge in [0.05, 0.1) is 6.42 Å². The largest absolute Gasteiger partial charge is 0.461 e. The summed E-state index contributed by atoms with van der Waals surface area (Å²) in [5, 5.41) is 0. The molecule has 4 nitrogen and oxygen atoms in total. The maximum Gasteiger partial charge on any atom is 0.309 e. The second kappa shape index (κ2) is 8.52. The Bertz CT molecular complexity index is 843. The van der Waals surface area contributed by atoms with Crippen molar-refractivity contribution < 1.29 is 9.53 Å². The fourth-order valence-electron chi connectivity index (χ4n) is 9.15. The van der Waals surface area contributed by atoms with Crippen molar-refractivity contribution in [1.29, 1.82) is 0 Å². The van der Waals surface area contributed by atoms with Crippen LogP contribution in [0, 0.1) is 34.5 Å². The van der Waals surface area contributed by atoms with Crippen molar-refractivity contribution in [1.82, 2.24) is 9.80 Å². The first-order chi connectivity index (χ1) is 15.6. The van der Waals surface area contributed by atoms with Gasteiger partial charge in [0.1, 0.15) is 6.10 Å². The topological polar surface area (TPSA) is 32.8 Å². The molecule has 0 aromatic carbocycles. The molecule has 5 aliphatic rings. The van der Waals surface area contributed by atoms with E-state index in [0.717, 1.165) is 18.9 Å². The van der Waals surface area contributed by atoms with Gasteiger partial charge in [-0.3, -0.25) is 4.79 Å². The third kappa shape index (κ3) is 3.75. The molecule has 4 heteroatoms. The van der Waals surface area contributed by atoms with Crippen LogP contribution >= 0.6 is 0 Å². The summed E-state index contributed by atoms with van der Waals surface area (Å²) >= 11 is 0. The number of nitrogens with zero attached hydrogens (tertiary/aromatic N) is 2. The van der Waals surface area contributed by atoms with Crippen LogP contribution in [0.2, 0.25) is 0 Å². The molecular formula is C29H46N2O2. The molecule has 0 radical (unpaired) electrons. The number of carbonyl (C=O) groups excluding carboxylic acids is 1. The lowest BCUT2D eigenvalue weighted by atomic mass is 9.46. The summed E-state index contributed by atoms with van der Waals surface area (Å²) in [7, 11) is 6.75. The van der Waals surface area contributed by atoms with Crippen molar-refractivity contribution in [2.45, 2.75) is 84.3 Å². The quantitative estimate of drug-likeness (QED) is 0.426. The van der Waals surface area contributed by atoms with Gasteiger partial charge in [0.25, 0.3) is 0 Å². The lowest BCUT2D eigenvalue weighted by molar-refractivity contribution is -0.177. The summed E-state index contributed by atoms with van der Waals surface area (Å²) in [6.07, 6.45) is 14.0. The van der Waals surface area contributed by atoms with E-state index in [1.165, 1.54) is 50.6 Å². The molecule has 1 heterocycles. The predicted molar refractivity (Wildman–Crippen MR) is 134 cm³/mol. The highest BCUT2D eigenvalue weighted by Gasteiger charge is 2.67. The third-order valence-corrected chi connectivity index (χ3v) is 10.8. The van der Waals surface area contributed by atoms with E-state index in [0.29, 0.717) is 30.2 Å². The molecule has 0 aromatic rings. The van der Waals surface area contributed by atoms with Crippen LogP contribution in [0.25, 0.3) is 0 Å². The van der Waals surface area contributed by atoms with Crippen molar-refractivity contribution in [2.24, 2.45) is 34.5 Å². The molecular weight excluding hydrogens is 408 g/mol. The second-order valence-electron chi connectivity index (χ2n) is 12.9. The van der Waals surface area contributed by atoms with Crippen molar-refractivity contribution >= 4 is 5.97 Å². The van der Waals surface area contributed by atoms with Gasteiger partial charge in [-0.2, -0.15) is 0 Å². The van der Waals surface area contributed by atoms with Crippen LogP contribution in [0.3, 0.4) is 0 Å². The molecule has 4 fully saturated rings. The van der Waals surface area contributed by atoms with Gasteiger partial charge in [-0.1, -0.05) is 30.2 Å². The van der Waals surface area contributed by atoms with E-state index in [-0.39, 0.29) is 22.9 Å². The van der Waals surface area contributed by atoms with Crippen LogP contribution in [-0.2, 0) is 9.53 Å². The molecule has 1 aliphatic heterocycles. The molecule has 1 saturated heterocycles. The van der Waals surface area contributed by atoms with Crippen molar-refractivity contribution in [3.63, 3.8) is 0 Å². The first-order valence-electron chi connectivity index (χ1n) is 13.5. The minimum Gasteiger partial charge on any atom is -0.461 e. The van der Waals surface area contributed by atoms with Crippen molar-refractivity contribution in [3.05, 3.63) is 23.3 Å². The minimum atomic E-state index is -0.0129. The minimum absolute atomic E-state index is 0.0129. The summed E-state index contributed by atoms with van der Waals surface area (Å²) in [4.78, 5) is 18.0. The van der Waals surface area contributed by atoms with Crippen LogP contribution in [0.4, 0.5) is 0 Å². The van der Waals surface area contributed by atoms with Gasteiger partial charge >= 0.3 is 5.97 Å². The van der Waals surface area contributed by atoms with E-state index in [2.05, 4.69) is 57.8 Å². The molecule has 0 amide bonds. The monoisotopic (exact) mass is 454 g/mol. The summed E-state index contributed by atoms with van der Waals surface area (Å²) < 4.78 is 6.50. The Morgan fingerprint density at radius 3 is 2.76 bits per heavy atom. The molecule has 8 atom stereocenters. The number of carbonyl (C=O) groups is 1. The van der Waals surface area contributed by atoms with Crippen LogP contribution in [0.5, 0.6) is 0 Å². The number of hydrogen-bond acceptors (Lipinski definition) is 4. The number of esters is 1. The fraction of sp³-hybridized carbons (Fsp3) is 0.828. The van der Waals surface area contributed by atoms with Crippen molar-refractivity contribution in [2.75, 3.05) is 34.2 Å². The maximum atomic E-state index is 13.0. The SMILES string of the molecule is CC(C)=CCC(=O)OC1CC2C(CC=C3CC(N(C)C)CCC32C)C2CCC3CN(C)CC312. The standard InChI is InChI=1S/C29H46N2O2/c1-19(2)7-12-27(32)33-26-16-25-23(24-11-9-21-17-31(6)18-29(21,24)26)10-8-20-15-22(30(4)5)13-14-28(20,25)3/h7-8,21-26H,9-18H2,1-6H3. The summed E-state index contributed by atoms with van der Waals surface area (Å²) in [6, 6.07) is 0.674. The van der Waals surface area contributed by atoms with E-state index in [4.69, 9.17) is 4.74 Å². The Labute approximate surface area is 201 Å². The smallest absolute Gasteiger partial charge is 0.309 e. The number of ether oxygens (including phenoxy) is 1. The zero-order valence-corrected chi connectivity index (χ0v) is 21.9. The van der Waals surface area contributed by atoms with Crippen LogP contribution in [0.15, 0.2) is 23.3 Å². The fourth-order valence-corrected chi connectivity index (χ4v) is 9.15. The molecule has 0 N–H and O–H groups in total. The lowest BCUT2D eigenvalue weighted by Crippen LogP contribution is -2.59. The maximum absolute atomic E-state index is 13.0. The first-order valence-corrected chi connectivity index (χ1v) is 13.5. The average Bonchev–Trinajstić information content (AvgIpc) is 3.26. The molecule has 5 rings (SSSR count). The molecule has 33 heavy (non-hydrogen) atoms. The van der Waals surface area contributed by atoms with Crippen LogP contribution in [0.1, 0.15) is 72.1 Å². The average molecular weight is 455 g/mol. The van der Waals surface area contributed by atoms with Gasteiger partial charge in [0, 0.05) is 24.5 Å². The van der Waals surface area contributed by atoms with Crippen LogP contribution < -0.4 is 0 Å². The highest BCUT2D eigenvalue weighted by atomic mass is 16.5. The molecule has 0 bridgehead atoms. The number of likely N-dealkylation sites (tertiary alicyclic amines) is 1. The Morgan fingerprint density at radius 2 is 2.03 bits per heavy atom.